The molecule has 1 saturated heterocycles. The largest absolute Gasteiger partial charge is 0.356 e. The molecule has 1 atom stereocenters. The van der Waals surface area contributed by atoms with Crippen molar-refractivity contribution in [2.24, 2.45) is 0 Å². The molecule has 0 aromatic rings. The fraction of sp³-hybridized carbons (Fsp3) is 1.00. The summed E-state index contributed by atoms with van der Waals surface area (Å²) in [5.74, 6) is 0. The lowest BCUT2D eigenvalue weighted by molar-refractivity contribution is -0.145. The average molecular weight is 132 g/mol. The summed E-state index contributed by atoms with van der Waals surface area (Å²) in [5, 5.41) is 0. The van der Waals surface area contributed by atoms with Crippen molar-refractivity contribution >= 4 is 0 Å². The summed E-state index contributed by atoms with van der Waals surface area (Å²) in [7, 11) is 1.69. The van der Waals surface area contributed by atoms with Gasteiger partial charge in [0.2, 0.25) is 0 Å². The average Bonchev–Trinajstić information content (AvgIpc) is 1.90. The molecular formula is C7H16O2. The molecule has 0 aromatic carbocycles. The van der Waals surface area contributed by atoms with E-state index in [-0.39, 0.29) is 13.7 Å². The van der Waals surface area contributed by atoms with E-state index in [1.807, 2.05) is 0 Å². The molecule has 0 unspecified atom stereocenters. The number of rotatable bonds is 1. The van der Waals surface area contributed by atoms with Crippen LogP contribution in [0, 0.1) is 0 Å². The van der Waals surface area contributed by atoms with E-state index in [0.29, 0.717) is 0 Å². The van der Waals surface area contributed by atoms with Gasteiger partial charge in [-0.3, -0.25) is 0 Å². The van der Waals surface area contributed by atoms with Gasteiger partial charge in [0.15, 0.2) is 6.29 Å². The molecule has 0 saturated carbocycles. The van der Waals surface area contributed by atoms with Crippen molar-refractivity contribution in [2.45, 2.75) is 33.0 Å². The van der Waals surface area contributed by atoms with Gasteiger partial charge >= 0.3 is 0 Å². The van der Waals surface area contributed by atoms with E-state index < -0.39 is 0 Å². The molecule has 2 nitrogen and oxygen atoms in total. The Morgan fingerprint density at radius 2 is 2.22 bits per heavy atom. The first-order valence-corrected chi connectivity index (χ1v) is 3.08. The summed E-state index contributed by atoms with van der Waals surface area (Å²) in [6.07, 6.45) is 3.60. The first kappa shape index (κ1) is 8.92. The molecule has 0 N–H and O–H groups in total. The fourth-order valence-electron chi connectivity index (χ4n) is 0.897. The Morgan fingerprint density at radius 1 is 1.44 bits per heavy atom. The molecule has 1 aliphatic rings. The fourth-order valence-corrected chi connectivity index (χ4v) is 0.897. The van der Waals surface area contributed by atoms with Crippen molar-refractivity contribution < 1.29 is 9.47 Å². The van der Waals surface area contributed by atoms with E-state index in [2.05, 4.69) is 0 Å². The molecule has 1 aliphatic heterocycles. The van der Waals surface area contributed by atoms with Crippen molar-refractivity contribution in [2.75, 3.05) is 13.7 Å². The normalized spacial score (nSPS) is 27.0. The molecule has 0 bridgehead atoms. The molecule has 1 fully saturated rings. The maximum Gasteiger partial charge on any atom is 0.157 e. The minimum Gasteiger partial charge on any atom is -0.356 e. The Labute approximate surface area is 57.2 Å². The highest BCUT2D eigenvalue weighted by atomic mass is 16.7. The van der Waals surface area contributed by atoms with E-state index in [0.717, 1.165) is 13.0 Å². The van der Waals surface area contributed by atoms with Crippen molar-refractivity contribution in [3.8, 4) is 0 Å². The zero-order valence-electron chi connectivity index (χ0n) is 5.22. The van der Waals surface area contributed by atoms with Crippen LogP contribution >= 0.6 is 0 Å². The van der Waals surface area contributed by atoms with E-state index in [1.165, 1.54) is 12.8 Å². The van der Waals surface area contributed by atoms with Crippen LogP contribution in [0.2, 0.25) is 0 Å². The second-order valence-electron chi connectivity index (χ2n) is 2.03. The SMILES string of the molecule is C.CO[C@H]1CCCCO1. The van der Waals surface area contributed by atoms with Crippen LogP contribution in [-0.4, -0.2) is 20.0 Å². The highest BCUT2D eigenvalue weighted by Gasteiger charge is 2.10. The standard InChI is InChI=1S/C6H12O2.CH4/c1-7-6-4-2-3-5-8-6;/h6H,2-5H2,1H3;1H4/t6-;/m1./s1. The van der Waals surface area contributed by atoms with E-state index in [4.69, 9.17) is 9.47 Å². The summed E-state index contributed by atoms with van der Waals surface area (Å²) in [5.41, 5.74) is 0. The first-order valence-electron chi connectivity index (χ1n) is 3.08. The Hall–Kier alpha value is -0.0800. The Morgan fingerprint density at radius 3 is 2.56 bits per heavy atom. The summed E-state index contributed by atoms with van der Waals surface area (Å²) in [6.45, 7) is 0.874. The van der Waals surface area contributed by atoms with Crippen molar-refractivity contribution in [3.05, 3.63) is 0 Å². The summed E-state index contributed by atoms with van der Waals surface area (Å²) >= 11 is 0. The predicted octanol–water partition coefficient (Wildman–Crippen LogP) is 1.80. The zero-order valence-corrected chi connectivity index (χ0v) is 5.22. The van der Waals surface area contributed by atoms with Crippen LogP contribution in [0.3, 0.4) is 0 Å². The third-order valence-electron chi connectivity index (χ3n) is 1.40. The Balaban J connectivity index is 0.000000640. The molecule has 0 amide bonds. The quantitative estimate of drug-likeness (QED) is 0.541. The molecule has 9 heavy (non-hydrogen) atoms. The monoisotopic (exact) mass is 132 g/mol. The van der Waals surface area contributed by atoms with E-state index >= 15 is 0 Å². The second kappa shape index (κ2) is 4.77. The molecule has 0 spiro atoms. The van der Waals surface area contributed by atoms with Gasteiger partial charge in [-0.25, -0.2) is 0 Å². The predicted molar refractivity (Wildman–Crippen MR) is 37.3 cm³/mol. The van der Waals surface area contributed by atoms with Gasteiger partial charge in [-0.15, -0.1) is 0 Å². The highest BCUT2D eigenvalue weighted by Crippen LogP contribution is 2.11. The van der Waals surface area contributed by atoms with Crippen LogP contribution in [0.15, 0.2) is 0 Å². The third kappa shape index (κ3) is 2.82. The molecule has 2 heteroatoms. The van der Waals surface area contributed by atoms with Gasteiger partial charge in [0.25, 0.3) is 0 Å². The van der Waals surface area contributed by atoms with Gasteiger partial charge in [-0.1, -0.05) is 7.43 Å². The van der Waals surface area contributed by atoms with Crippen molar-refractivity contribution in [1.82, 2.24) is 0 Å². The second-order valence-corrected chi connectivity index (χ2v) is 2.03. The first-order chi connectivity index (χ1) is 3.93. The van der Waals surface area contributed by atoms with Gasteiger partial charge in [-0.05, 0) is 19.3 Å². The van der Waals surface area contributed by atoms with Crippen LogP contribution in [0.25, 0.3) is 0 Å². The number of hydrogen-bond donors (Lipinski definition) is 0. The molecule has 1 heterocycles. The number of ether oxygens (including phenoxy) is 2. The molecular weight excluding hydrogens is 116 g/mol. The Bertz CT molecular complexity index is 57.9. The van der Waals surface area contributed by atoms with Crippen LogP contribution in [-0.2, 0) is 9.47 Å². The minimum absolute atomic E-state index is 0. The summed E-state index contributed by atoms with van der Waals surface area (Å²) in [6, 6.07) is 0. The van der Waals surface area contributed by atoms with Crippen LogP contribution in [0.4, 0.5) is 0 Å². The number of methoxy groups -OCH3 is 1. The van der Waals surface area contributed by atoms with E-state index in [1.54, 1.807) is 7.11 Å². The smallest absolute Gasteiger partial charge is 0.157 e. The third-order valence-corrected chi connectivity index (χ3v) is 1.40. The molecule has 56 valence electrons. The van der Waals surface area contributed by atoms with Crippen LogP contribution < -0.4 is 0 Å². The Kier molecular flexibility index (Phi) is 4.72. The lowest BCUT2D eigenvalue weighted by atomic mass is 10.2. The van der Waals surface area contributed by atoms with Gasteiger partial charge in [0.1, 0.15) is 0 Å². The van der Waals surface area contributed by atoms with Gasteiger partial charge < -0.3 is 9.47 Å². The van der Waals surface area contributed by atoms with Crippen molar-refractivity contribution in [3.63, 3.8) is 0 Å². The maximum atomic E-state index is 5.20. The molecule has 0 radical (unpaired) electrons. The van der Waals surface area contributed by atoms with Crippen LogP contribution in [0.5, 0.6) is 0 Å². The lowest BCUT2D eigenvalue weighted by Gasteiger charge is -2.20. The van der Waals surface area contributed by atoms with Crippen LogP contribution in [0.1, 0.15) is 26.7 Å². The van der Waals surface area contributed by atoms with Gasteiger partial charge in [0, 0.05) is 13.7 Å². The highest BCUT2D eigenvalue weighted by molar-refractivity contribution is 4.52. The molecule has 1 rings (SSSR count). The van der Waals surface area contributed by atoms with Gasteiger partial charge in [-0.2, -0.15) is 0 Å². The molecule has 0 aromatic heterocycles. The lowest BCUT2D eigenvalue weighted by Crippen LogP contribution is -2.20. The number of hydrogen-bond acceptors (Lipinski definition) is 2. The molecule has 0 aliphatic carbocycles. The summed E-state index contributed by atoms with van der Waals surface area (Å²) < 4.78 is 10.2. The zero-order chi connectivity index (χ0) is 5.82. The maximum absolute atomic E-state index is 5.20. The topological polar surface area (TPSA) is 18.5 Å². The minimum atomic E-state index is 0. The van der Waals surface area contributed by atoms with Crippen molar-refractivity contribution in [1.29, 1.82) is 0 Å². The van der Waals surface area contributed by atoms with E-state index in [9.17, 15) is 0 Å². The summed E-state index contributed by atoms with van der Waals surface area (Å²) in [4.78, 5) is 0. The van der Waals surface area contributed by atoms with Gasteiger partial charge in [0.05, 0.1) is 0 Å².